The van der Waals surface area contributed by atoms with E-state index in [-0.39, 0.29) is 62.7 Å². The van der Waals surface area contributed by atoms with Crippen molar-refractivity contribution < 1.29 is 40.6 Å². The molecule has 0 amide bonds. The van der Waals surface area contributed by atoms with Gasteiger partial charge in [0.25, 0.3) is 0 Å². The van der Waals surface area contributed by atoms with Crippen molar-refractivity contribution in [3.05, 3.63) is 95.3 Å². The van der Waals surface area contributed by atoms with Crippen LogP contribution in [0, 0.1) is 17.5 Å². The van der Waals surface area contributed by atoms with Gasteiger partial charge in [-0.25, -0.2) is 26.6 Å². The average molecular weight is 585 g/mol. The molecule has 2 aromatic heterocycles. The van der Waals surface area contributed by atoms with Gasteiger partial charge >= 0.3 is 5.97 Å². The first-order chi connectivity index (χ1) is 19.4. The smallest absolute Gasteiger partial charge is 0.303 e. The zero-order valence-electron chi connectivity index (χ0n) is 21.7. The molecule has 3 aromatic carbocycles. The van der Waals surface area contributed by atoms with Crippen LogP contribution >= 0.6 is 0 Å². The second-order valence-electron chi connectivity index (χ2n) is 9.48. The number of H-pyrrole nitrogens is 1. The Labute approximate surface area is 232 Å². The van der Waals surface area contributed by atoms with Crippen LogP contribution in [-0.2, 0) is 21.1 Å². The number of carboxylic acid groups (broad SMARTS) is 1. The molecule has 0 saturated carbocycles. The van der Waals surface area contributed by atoms with E-state index in [9.17, 15) is 17.6 Å². The Bertz CT molecular complexity index is 1900. The molecule has 1 unspecified atom stereocenters. The SMILES string of the molecule is CC(c1coc(-c2cc(Oc3c(F)cc4[nH]ccc4c3S(C)(=O)=O)ccc2F)n1)c1cccc(CCC(=O)O)c1F. The Morgan fingerprint density at radius 2 is 1.90 bits per heavy atom. The summed E-state index contributed by atoms with van der Waals surface area (Å²) in [5.74, 6) is -4.70. The van der Waals surface area contributed by atoms with E-state index >= 15 is 8.78 Å². The lowest BCUT2D eigenvalue weighted by molar-refractivity contribution is -0.136. The average Bonchev–Trinajstić information content (AvgIpc) is 3.58. The molecule has 0 spiro atoms. The maximum atomic E-state index is 15.1. The van der Waals surface area contributed by atoms with Crippen molar-refractivity contribution in [3.8, 4) is 23.0 Å². The van der Waals surface area contributed by atoms with Gasteiger partial charge in [0.1, 0.15) is 28.5 Å². The maximum absolute atomic E-state index is 15.1. The Balaban J connectivity index is 1.47. The van der Waals surface area contributed by atoms with Crippen molar-refractivity contribution in [2.75, 3.05) is 6.26 Å². The number of carboxylic acids is 1. The van der Waals surface area contributed by atoms with Gasteiger partial charge in [0.05, 0.1) is 11.3 Å². The van der Waals surface area contributed by atoms with Crippen molar-refractivity contribution >= 4 is 26.7 Å². The summed E-state index contributed by atoms with van der Waals surface area (Å²) in [4.78, 5) is 17.6. The van der Waals surface area contributed by atoms with Gasteiger partial charge in [-0.15, -0.1) is 0 Å². The zero-order chi connectivity index (χ0) is 29.5. The number of hydrogen-bond donors (Lipinski definition) is 2. The predicted octanol–water partition coefficient (Wildman–Crippen LogP) is 6.61. The molecule has 41 heavy (non-hydrogen) atoms. The molecule has 0 aliphatic rings. The highest BCUT2D eigenvalue weighted by Crippen LogP contribution is 2.39. The summed E-state index contributed by atoms with van der Waals surface area (Å²) in [7, 11) is -3.94. The van der Waals surface area contributed by atoms with Crippen molar-refractivity contribution in [1.82, 2.24) is 9.97 Å². The van der Waals surface area contributed by atoms with E-state index in [4.69, 9.17) is 14.3 Å². The highest BCUT2D eigenvalue weighted by molar-refractivity contribution is 7.91. The van der Waals surface area contributed by atoms with Crippen LogP contribution in [0.1, 0.15) is 36.1 Å². The zero-order valence-corrected chi connectivity index (χ0v) is 22.6. The molecule has 1 atom stereocenters. The Morgan fingerprint density at radius 3 is 2.63 bits per heavy atom. The summed E-state index contributed by atoms with van der Waals surface area (Å²) in [6.07, 6.45) is 3.43. The van der Waals surface area contributed by atoms with Gasteiger partial charge in [0.15, 0.2) is 21.4 Å². The largest absolute Gasteiger partial charge is 0.481 e. The van der Waals surface area contributed by atoms with Gasteiger partial charge < -0.3 is 19.2 Å². The summed E-state index contributed by atoms with van der Waals surface area (Å²) in [6.45, 7) is 1.67. The van der Waals surface area contributed by atoms with Crippen LogP contribution in [0.25, 0.3) is 22.4 Å². The Hall–Kier alpha value is -4.58. The quantitative estimate of drug-likeness (QED) is 0.200. The minimum absolute atomic E-state index is 0.0163. The topological polar surface area (TPSA) is 122 Å². The highest BCUT2D eigenvalue weighted by Gasteiger charge is 2.25. The summed E-state index contributed by atoms with van der Waals surface area (Å²) < 4.78 is 81.3. The molecule has 2 heterocycles. The molecule has 2 N–H and O–H groups in total. The van der Waals surface area contributed by atoms with Gasteiger partial charge in [0, 0.05) is 41.8 Å². The predicted molar refractivity (Wildman–Crippen MR) is 143 cm³/mol. The number of rotatable bonds is 9. The number of aliphatic carboxylic acids is 1. The fraction of sp³-hybridized carbons (Fsp3) is 0.172. The number of aromatic amines is 1. The second-order valence-corrected chi connectivity index (χ2v) is 11.4. The summed E-state index contributed by atoms with van der Waals surface area (Å²) >= 11 is 0. The van der Waals surface area contributed by atoms with Gasteiger partial charge in [-0.1, -0.05) is 25.1 Å². The maximum Gasteiger partial charge on any atom is 0.303 e. The second kappa shape index (κ2) is 10.8. The van der Waals surface area contributed by atoms with Gasteiger partial charge in [0.2, 0.25) is 5.89 Å². The van der Waals surface area contributed by atoms with Crippen LogP contribution in [0.3, 0.4) is 0 Å². The highest BCUT2D eigenvalue weighted by atomic mass is 32.2. The van der Waals surface area contributed by atoms with E-state index in [0.717, 1.165) is 18.4 Å². The molecule has 12 heteroatoms. The number of oxazole rings is 1. The lowest BCUT2D eigenvalue weighted by atomic mass is 9.94. The number of nitrogens with one attached hydrogen (secondary N) is 1. The monoisotopic (exact) mass is 584 g/mol. The third kappa shape index (κ3) is 5.55. The first-order valence-electron chi connectivity index (χ1n) is 12.4. The summed E-state index contributed by atoms with van der Waals surface area (Å²) in [5.41, 5.74) is 0.897. The van der Waals surface area contributed by atoms with Crippen LogP contribution in [0.2, 0.25) is 0 Å². The van der Waals surface area contributed by atoms with Crippen molar-refractivity contribution in [1.29, 1.82) is 0 Å². The van der Waals surface area contributed by atoms with Crippen molar-refractivity contribution in [2.45, 2.75) is 30.6 Å². The lowest BCUT2D eigenvalue weighted by Gasteiger charge is -2.13. The van der Waals surface area contributed by atoms with E-state index in [2.05, 4.69) is 9.97 Å². The number of hydrogen-bond acceptors (Lipinski definition) is 6. The number of halogens is 3. The van der Waals surface area contributed by atoms with E-state index in [0.29, 0.717) is 0 Å². The first-order valence-corrected chi connectivity index (χ1v) is 14.2. The standard InChI is InChI=1S/C29H23F3N2O6S/c1-15(18-5-3-4-16(26(18)32)6-9-25(35)36)24-14-39-29(34-24)20-12-17(7-8-21(20)30)40-27-22(31)13-23-19(10-11-33-23)28(27)41(2,37)38/h3-5,7-8,10-15,33H,6,9H2,1-2H3,(H,35,36). The third-order valence-electron chi connectivity index (χ3n) is 6.63. The van der Waals surface area contributed by atoms with Crippen molar-refractivity contribution in [3.63, 3.8) is 0 Å². The minimum Gasteiger partial charge on any atom is -0.481 e. The van der Waals surface area contributed by atoms with Crippen molar-refractivity contribution in [2.24, 2.45) is 0 Å². The number of benzene rings is 3. The third-order valence-corrected chi connectivity index (χ3v) is 7.77. The van der Waals surface area contributed by atoms with Crippen LogP contribution in [0.4, 0.5) is 13.2 Å². The number of aromatic nitrogens is 2. The van der Waals surface area contributed by atoms with Gasteiger partial charge in [-0.3, -0.25) is 4.79 Å². The van der Waals surface area contributed by atoms with Crippen LogP contribution in [0.5, 0.6) is 11.5 Å². The summed E-state index contributed by atoms with van der Waals surface area (Å²) in [5, 5.41) is 9.16. The molecule has 0 radical (unpaired) electrons. The molecule has 0 bridgehead atoms. The fourth-order valence-electron chi connectivity index (χ4n) is 4.57. The van der Waals surface area contributed by atoms with Crippen LogP contribution < -0.4 is 4.74 Å². The number of nitrogens with zero attached hydrogens (tertiary/aromatic N) is 1. The van der Waals surface area contributed by atoms with Crippen LogP contribution in [0.15, 0.2) is 70.3 Å². The Morgan fingerprint density at radius 1 is 1.12 bits per heavy atom. The molecule has 8 nitrogen and oxygen atoms in total. The molecule has 212 valence electrons. The van der Waals surface area contributed by atoms with E-state index < -0.39 is 44.9 Å². The molecular formula is C29H23F3N2O6S. The first kappa shape index (κ1) is 28.0. The molecule has 0 saturated heterocycles. The number of fused-ring (bicyclic) bond motifs is 1. The number of ether oxygens (including phenoxy) is 1. The lowest BCUT2D eigenvalue weighted by Crippen LogP contribution is -2.05. The fourth-order valence-corrected chi connectivity index (χ4v) is 5.63. The molecule has 0 aliphatic heterocycles. The summed E-state index contributed by atoms with van der Waals surface area (Å²) in [6, 6.07) is 10.7. The normalized spacial score (nSPS) is 12.5. The number of carbonyl (C=O) groups is 1. The molecular weight excluding hydrogens is 561 g/mol. The number of aryl methyl sites for hydroxylation is 1. The van der Waals surface area contributed by atoms with E-state index in [1.165, 1.54) is 36.7 Å². The molecule has 5 aromatic rings. The molecule has 5 rings (SSSR count). The number of sulfone groups is 1. The molecule has 0 fully saturated rings. The minimum atomic E-state index is -3.94. The Kier molecular flexibility index (Phi) is 7.35. The van der Waals surface area contributed by atoms with Gasteiger partial charge in [-0.05, 0) is 41.8 Å². The van der Waals surface area contributed by atoms with E-state index in [1.807, 2.05) is 0 Å². The molecule has 0 aliphatic carbocycles. The van der Waals surface area contributed by atoms with Crippen LogP contribution in [-0.4, -0.2) is 35.7 Å². The van der Waals surface area contributed by atoms with Gasteiger partial charge in [-0.2, -0.15) is 0 Å². The van der Waals surface area contributed by atoms with E-state index in [1.54, 1.807) is 19.1 Å².